The molecule has 9 heteroatoms. The van der Waals surface area contributed by atoms with Gasteiger partial charge >= 0.3 is 11.7 Å². The maximum absolute atomic E-state index is 12.8. The van der Waals surface area contributed by atoms with E-state index < -0.39 is 23.8 Å². The first-order valence-corrected chi connectivity index (χ1v) is 8.44. The lowest BCUT2D eigenvalue weighted by molar-refractivity contribution is -0.131. The molecule has 1 aliphatic rings. The molecular weight excluding hydrogens is 362 g/mol. The van der Waals surface area contributed by atoms with E-state index in [0.29, 0.717) is 22.4 Å². The molecule has 9 nitrogen and oxygen atoms in total. The highest BCUT2D eigenvalue weighted by molar-refractivity contribution is 6.32. The average Bonchev–Trinajstić information content (AvgIpc) is 3.00. The molecule has 4 amide bonds. The number of aromatic nitrogens is 2. The van der Waals surface area contributed by atoms with Crippen LogP contribution in [0.4, 0.5) is 16.2 Å². The minimum absolute atomic E-state index is 0.342. The van der Waals surface area contributed by atoms with Crippen molar-refractivity contribution in [2.24, 2.45) is 10.9 Å². The minimum atomic E-state index is -1.25. The van der Waals surface area contributed by atoms with E-state index in [1.54, 1.807) is 36.4 Å². The van der Waals surface area contributed by atoms with Gasteiger partial charge in [-0.1, -0.05) is 12.1 Å². The minimum Gasteiger partial charge on any atom is -0.306 e. The molecule has 1 atom stereocenters. The van der Waals surface area contributed by atoms with Crippen LogP contribution in [0.2, 0.25) is 0 Å². The van der Waals surface area contributed by atoms with Crippen molar-refractivity contribution in [3.8, 4) is 0 Å². The first kappa shape index (κ1) is 17.4. The number of rotatable bonds is 3. The average molecular weight is 377 g/mol. The second-order valence-electron chi connectivity index (χ2n) is 6.37. The van der Waals surface area contributed by atoms with E-state index in [-0.39, 0.29) is 5.69 Å². The van der Waals surface area contributed by atoms with Gasteiger partial charge in [-0.25, -0.2) is 14.5 Å². The van der Waals surface area contributed by atoms with Crippen LogP contribution < -0.4 is 15.9 Å². The lowest BCUT2D eigenvalue weighted by atomic mass is 10.1. The Balaban J connectivity index is 1.64. The Morgan fingerprint density at radius 1 is 1.00 bits per heavy atom. The third-order valence-corrected chi connectivity index (χ3v) is 4.33. The van der Waals surface area contributed by atoms with Gasteiger partial charge in [0.15, 0.2) is 5.92 Å². The number of imide groups is 2. The molecule has 0 bridgehead atoms. The van der Waals surface area contributed by atoms with Crippen molar-refractivity contribution in [1.29, 1.82) is 0 Å². The Kier molecular flexibility index (Phi) is 4.11. The molecule has 140 valence electrons. The fourth-order valence-electron chi connectivity index (χ4n) is 2.99. The number of carbonyl (C=O) groups is 3. The van der Waals surface area contributed by atoms with Gasteiger partial charge in [0, 0.05) is 6.21 Å². The predicted molar refractivity (Wildman–Crippen MR) is 103 cm³/mol. The van der Waals surface area contributed by atoms with E-state index in [4.69, 9.17) is 0 Å². The van der Waals surface area contributed by atoms with Crippen LogP contribution in [0.5, 0.6) is 0 Å². The van der Waals surface area contributed by atoms with Crippen molar-refractivity contribution < 1.29 is 14.4 Å². The molecule has 4 rings (SSSR count). The third-order valence-electron chi connectivity index (χ3n) is 4.33. The van der Waals surface area contributed by atoms with Crippen LogP contribution in [-0.2, 0) is 9.59 Å². The number of aromatic amines is 2. The van der Waals surface area contributed by atoms with Crippen molar-refractivity contribution in [2.45, 2.75) is 6.92 Å². The molecule has 0 spiro atoms. The van der Waals surface area contributed by atoms with Gasteiger partial charge in [-0.2, -0.15) is 0 Å². The number of imidazole rings is 1. The monoisotopic (exact) mass is 377 g/mol. The van der Waals surface area contributed by atoms with Gasteiger partial charge in [-0.3, -0.25) is 19.9 Å². The van der Waals surface area contributed by atoms with Gasteiger partial charge in [0.1, 0.15) is 0 Å². The quantitative estimate of drug-likeness (QED) is 0.475. The lowest BCUT2D eigenvalue weighted by Crippen LogP contribution is -2.58. The number of benzene rings is 2. The summed E-state index contributed by atoms with van der Waals surface area (Å²) in [5.74, 6) is -2.67. The fourth-order valence-corrected chi connectivity index (χ4v) is 2.99. The number of urea groups is 1. The molecule has 2 heterocycles. The number of nitrogens with zero attached hydrogens (tertiary/aromatic N) is 2. The molecule has 3 N–H and O–H groups in total. The number of carbonyl (C=O) groups excluding carboxylic acids is 3. The van der Waals surface area contributed by atoms with Crippen LogP contribution >= 0.6 is 0 Å². The zero-order valence-corrected chi connectivity index (χ0v) is 14.7. The van der Waals surface area contributed by atoms with Gasteiger partial charge in [-0.05, 0) is 42.8 Å². The van der Waals surface area contributed by atoms with Crippen LogP contribution in [0.1, 0.15) is 5.56 Å². The van der Waals surface area contributed by atoms with E-state index in [2.05, 4.69) is 20.3 Å². The topological polar surface area (TPSA) is 127 Å². The summed E-state index contributed by atoms with van der Waals surface area (Å²) < 4.78 is 0. The Bertz CT molecular complexity index is 1210. The molecule has 1 aromatic heterocycles. The van der Waals surface area contributed by atoms with E-state index in [1.165, 1.54) is 6.21 Å². The van der Waals surface area contributed by atoms with Gasteiger partial charge in [0.25, 0.3) is 5.91 Å². The highest BCUT2D eigenvalue weighted by Crippen LogP contribution is 2.22. The Hall–Kier alpha value is -4.01. The van der Waals surface area contributed by atoms with Gasteiger partial charge in [0.05, 0.1) is 22.4 Å². The summed E-state index contributed by atoms with van der Waals surface area (Å²) in [6.45, 7) is 1.83. The molecule has 3 aromatic rings. The van der Waals surface area contributed by atoms with E-state index >= 15 is 0 Å². The number of H-pyrrole nitrogens is 2. The van der Waals surface area contributed by atoms with Crippen LogP contribution in [-0.4, -0.2) is 34.0 Å². The summed E-state index contributed by atoms with van der Waals surface area (Å²) >= 11 is 0. The zero-order valence-electron chi connectivity index (χ0n) is 14.7. The van der Waals surface area contributed by atoms with Crippen molar-refractivity contribution in [3.63, 3.8) is 0 Å². The van der Waals surface area contributed by atoms with E-state index in [0.717, 1.165) is 10.5 Å². The number of aliphatic imine (C=N–C) groups is 1. The Morgan fingerprint density at radius 2 is 1.79 bits per heavy atom. The first-order valence-electron chi connectivity index (χ1n) is 8.44. The zero-order chi connectivity index (χ0) is 19.8. The number of barbiturate groups is 1. The summed E-state index contributed by atoms with van der Waals surface area (Å²) in [7, 11) is 0. The molecule has 0 aliphatic carbocycles. The van der Waals surface area contributed by atoms with Crippen molar-refractivity contribution in [2.75, 3.05) is 4.90 Å². The third kappa shape index (κ3) is 3.09. The van der Waals surface area contributed by atoms with Crippen molar-refractivity contribution in [3.05, 3.63) is 58.5 Å². The van der Waals surface area contributed by atoms with E-state index in [1.807, 2.05) is 13.0 Å². The van der Waals surface area contributed by atoms with Gasteiger partial charge in [-0.15, -0.1) is 0 Å². The standard InChI is InChI=1S/C19H15N5O4/c1-10-3-2-4-12(7-10)24-17(26)13(16(25)23-19(24)28)9-20-11-5-6-14-15(8-11)22-18(27)21-14/h2-9,13H,1H3,(H2,21,22,27)(H,23,25,28). The molecule has 1 saturated heterocycles. The first-order chi connectivity index (χ1) is 13.4. The maximum Gasteiger partial charge on any atom is 0.335 e. The highest BCUT2D eigenvalue weighted by Gasteiger charge is 2.40. The van der Waals surface area contributed by atoms with Crippen molar-refractivity contribution >= 4 is 46.5 Å². The van der Waals surface area contributed by atoms with Crippen LogP contribution in [0.3, 0.4) is 0 Å². The van der Waals surface area contributed by atoms with Crippen LogP contribution in [0.25, 0.3) is 11.0 Å². The maximum atomic E-state index is 12.8. The molecule has 28 heavy (non-hydrogen) atoms. The van der Waals surface area contributed by atoms with Gasteiger partial charge in [0.2, 0.25) is 5.91 Å². The van der Waals surface area contributed by atoms with E-state index in [9.17, 15) is 19.2 Å². The summed E-state index contributed by atoms with van der Waals surface area (Å²) in [6, 6.07) is 11.0. The molecule has 1 unspecified atom stereocenters. The summed E-state index contributed by atoms with van der Waals surface area (Å²) in [4.78, 5) is 58.8. The molecule has 0 saturated carbocycles. The molecule has 1 aliphatic heterocycles. The van der Waals surface area contributed by atoms with Crippen LogP contribution in [0, 0.1) is 12.8 Å². The Labute approximate surface area is 158 Å². The summed E-state index contributed by atoms with van der Waals surface area (Å²) in [5.41, 5.74) is 2.52. The SMILES string of the molecule is Cc1cccc(N2C(=O)NC(=O)C(C=Nc3ccc4[nH]c(=O)[nH]c4c3)C2=O)c1. The second kappa shape index (κ2) is 6.62. The molecule has 0 radical (unpaired) electrons. The second-order valence-corrected chi connectivity index (χ2v) is 6.37. The summed E-state index contributed by atoms with van der Waals surface area (Å²) in [5, 5.41) is 2.18. The number of hydrogen-bond acceptors (Lipinski definition) is 5. The number of fused-ring (bicyclic) bond motifs is 1. The highest BCUT2D eigenvalue weighted by atomic mass is 16.2. The molecular formula is C19H15N5O4. The smallest absolute Gasteiger partial charge is 0.306 e. The lowest BCUT2D eigenvalue weighted by Gasteiger charge is -2.28. The Morgan fingerprint density at radius 3 is 2.57 bits per heavy atom. The molecule has 2 aromatic carbocycles. The molecule has 1 fully saturated rings. The number of aryl methyl sites for hydroxylation is 1. The van der Waals surface area contributed by atoms with Crippen molar-refractivity contribution in [1.82, 2.24) is 15.3 Å². The summed E-state index contributed by atoms with van der Waals surface area (Å²) in [6.07, 6.45) is 1.19. The normalized spacial score (nSPS) is 17.5. The number of nitrogens with one attached hydrogen (secondary N) is 3. The van der Waals surface area contributed by atoms with Gasteiger partial charge < -0.3 is 9.97 Å². The number of hydrogen-bond donors (Lipinski definition) is 3. The largest absolute Gasteiger partial charge is 0.335 e. The number of anilines is 1. The predicted octanol–water partition coefficient (Wildman–Crippen LogP) is 1.77. The van der Waals surface area contributed by atoms with Crippen LogP contribution in [0.15, 0.2) is 52.3 Å². The number of amides is 4. The fraction of sp³-hybridized carbons (Fsp3) is 0.105.